The van der Waals surface area contributed by atoms with Crippen molar-refractivity contribution in [3.8, 4) is 0 Å². The zero-order chi connectivity index (χ0) is 17.6. The molecule has 1 saturated heterocycles. The van der Waals surface area contributed by atoms with Gasteiger partial charge in [0.1, 0.15) is 0 Å². The third kappa shape index (κ3) is 5.19. The standard InChI is InChI=1S/C20H32N4O/c1-23-12-13-24(2)19(15-23)14-21-20(25)22-18-10-8-17(9-11-18)16-6-4-3-5-7-16/h8-11,16,19H,3-7,12-15H2,1-2H3,(H2,21,22,25). The number of rotatable bonds is 4. The molecule has 1 aliphatic heterocycles. The molecule has 0 bridgehead atoms. The summed E-state index contributed by atoms with van der Waals surface area (Å²) in [5.41, 5.74) is 2.28. The summed E-state index contributed by atoms with van der Waals surface area (Å²) in [6.07, 6.45) is 6.67. The van der Waals surface area contributed by atoms with E-state index in [0.717, 1.165) is 25.3 Å². The van der Waals surface area contributed by atoms with E-state index in [0.29, 0.717) is 18.5 Å². The van der Waals surface area contributed by atoms with Gasteiger partial charge in [0.2, 0.25) is 0 Å². The molecule has 1 unspecified atom stereocenters. The molecule has 2 aliphatic rings. The predicted molar refractivity (Wildman–Crippen MR) is 103 cm³/mol. The zero-order valence-corrected chi connectivity index (χ0v) is 15.6. The Hall–Kier alpha value is -1.59. The lowest BCUT2D eigenvalue weighted by Gasteiger charge is -2.37. The van der Waals surface area contributed by atoms with Crippen LogP contribution in [0.1, 0.15) is 43.6 Å². The molecule has 5 nitrogen and oxygen atoms in total. The molecule has 1 aromatic carbocycles. The Kier molecular flexibility index (Phi) is 6.32. The Morgan fingerprint density at radius 1 is 1.08 bits per heavy atom. The highest BCUT2D eigenvalue weighted by atomic mass is 16.2. The number of likely N-dealkylation sites (N-methyl/N-ethyl adjacent to an activating group) is 2. The maximum Gasteiger partial charge on any atom is 0.319 e. The summed E-state index contributed by atoms with van der Waals surface area (Å²) in [7, 11) is 4.26. The highest BCUT2D eigenvalue weighted by molar-refractivity contribution is 5.89. The van der Waals surface area contributed by atoms with Gasteiger partial charge in [0, 0.05) is 37.9 Å². The van der Waals surface area contributed by atoms with Gasteiger partial charge in [0.25, 0.3) is 0 Å². The first-order valence-corrected chi connectivity index (χ1v) is 9.65. The number of carbonyl (C=O) groups excluding carboxylic acids is 1. The Morgan fingerprint density at radius 3 is 2.52 bits per heavy atom. The van der Waals surface area contributed by atoms with E-state index in [-0.39, 0.29) is 6.03 Å². The molecule has 1 aliphatic carbocycles. The van der Waals surface area contributed by atoms with Crippen molar-refractivity contribution in [1.29, 1.82) is 0 Å². The van der Waals surface area contributed by atoms with Crippen LogP contribution in [0, 0.1) is 0 Å². The van der Waals surface area contributed by atoms with Gasteiger partial charge in [0.15, 0.2) is 0 Å². The fraction of sp³-hybridized carbons (Fsp3) is 0.650. The van der Waals surface area contributed by atoms with Crippen LogP contribution in [0.3, 0.4) is 0 Å². The van der Waals surface area contributed by atoms with Crippen molar-refractivity contribution >= 4 is 11.7 Å². The van der Waals surface area contributed by atoms with Crippen LogP contribution >= 0.6 is 0 Å². The fourth-order valence-electron chi connectivity index (χ4n) is 3.98. The molecule has 0 aromatic heterocycles. The van der Waals surface area contributed by atoms with E-state index in [4.69, 9.17) is 0 Å². The highest BCUT2D eigenvalue weighted by Crippen LogP contribution is 2.32. The Labute approximate surface area is 151 Å². The lowest BCUT2D eigenvalue weighted by atomic mass is 9.84. The topological polar surface area (TPSA) is 47.6 Å². The quantitative estimate of drug-likeness (QED) is 0.882. The van der Waals surface area contributed by atoms with Crippen molar-refractivity contribution in [2.75, 3.05) is 45.6 Å². The second-order valence-electron chi connectivity index (χ2n) is 7.69. The summed E-state index contributed by atoms with van der Waals surface area (Å²) in [5, 5.41) is 5.97. The van der Waals surface area contributed by atoms with E-state index in [9.17, 15) is 4.79 Å². The SMILES string of the molecule is CN1CCN(C)C(CNC(=O)Nc2ccc(C3CCCCC3)cc2)C1. The summed E-state index contributed by atoms with van der Waals surface area (Å²) in [4.78, 5) is 16.8. The van der Waals surface area contributed by atoms with Gasteiger partial charge in [-0.25, -0.2) is 4.79 Å². The van der Waals surface area contributed by atoms with E-state index in [2.05, 4.69) is 46.7 Å². The van der Waals surface area contributed by atoms with Crippen LogP contribution in [0.25, 0.3) is 0 Å². The summed E-state index contributed by atoms with van der Waals surface area (Å²) in [5.74, 6) is 0.704. The molecule has 1 aromatic rings. The zero-order valence-electron chi connectivity index (χ0n) is 15.6. The first-order chi connectivity index (χ1) is 12.1. The normalized spacial score (nSPS) is 23.4. The molecule has 3 rings (SSSR count). The van der Waals surface area contributed by atoms with E-state index in [1.165, 1.54) is 37.7 Å². The Morgan fingerprint density at radius 2 is 1.80 bits per heavy atom. The molecule has 2 amide bonds. The molecular formula is C20H32N4O. The van der Waals surface area contributed by atoms with Gasteiger partial charge in [-0.2, -0.15) is 0 Å². The van der Waals surface area contributed by atoms with Crippen LogP contribution < -0.4 is 10.6 Å². The minimum absolute atomic E-state index is 0.118. The number of piperazine rings is 1. The summed E-state index contributed by atoms with van der Waals surface area (Å²) < 4.78 is 0. The van der Waals surface area contributed by atoms with Gasteiger partial charge in [0.05, 0.1) is 0 Å². The van der Waals surface area contributed by atoms with Crippen molar-refractivity contribution in [3.05, 3.63) is 29.8 Å². The van der Waals surface area contributed by atoms with Crippen LogP contribution in [0.15, 0.2) is 24.3 Å². The molecule has 1 atom stereocenters. The summed E-state index contributed by atoms with van der Waals surface area (Å²) in [6.45, 7) is 3.80. The highest BCUT2D eigenvalue weighted by Gasteiger charge is 2.22. The minimum Gasteiger partial charge on any atom is -0.336 e. The van der Waals surface area contributed by atoms with Crippen LogP contribution in [0.4, 0.5) is 10.5 Å². The predicted octanol–water partition coefficient (Wildman–Crippen LogP) is 3.10. The summed E-state index contributed by atoms with van der Waals surface area (Å²) in [6, 6.07) is 8.67. The molecule has 2 N–H and O–H groups in total. The largest absolute Gasteiger partial charge is 0.336 e. The minimum atomic E-state index is -0.118. The number of anilines is 1. The maximum atomic E-state index is 12.2. The van der Waals surface area contributed by atoms with E-state index < -0.39 is 0 Å². The second-order valence-corrected chi connectivity index (χ2v) is 7.69. The molecule has 0 spiro atoms. The van der Waals surface area contributed by atoms with E-state index in [1.54, 1.807) is 0 Å². The third-order valence-corrected chi connectivity index (χ3v) is 5.72. The molecule has 2 fully saturated rings. The molecule has 1 saturated carbocycles. The van der Waals surface area contributed by atoms with Crippen LogP contribution in [-0.2, 0) is 0 Å². The second kappa shape index (κ2) is 8.68. The van der Waals surface area contributed by atoms with Crippen molar-refractivity contribution in [1.82, 2.24) is 15.1 Å². The summed E-state index contributed by atoms with van der Waals surface area (Å²) >= 11 is 0. The van der Waals surface area contributed by atoms with Crippen molar-refractivity contribution in [3.63, 3.8) is 0 Å². The smallest absolute Gasteiger partial charge is 0.319 e. The van der Waals surface area contributed by atoms with Gasteiger partial charge < -0.3 is 15.5 Å². The first kappa shape index (κ1) is 18.2. The number of urea groups is 1. The van der Waals surface area contributed by atoms with Crippen LogP contribution in [0.5, 0.6) is 0 Å². The molecular weight excluding hydrogens is 312 g/mol. The van der Waals surface area contributed by atoms with E-state index in [1.807, 2.05) is 12.1 Å². The number of hydrogen-bond donors (Lipinski definition) is 2. The number of nitrogens with zero attached hydrogens (tertiary/aromatic N) is 2. The molecule has 0 radical (unpaired) electrons. The monoisotopic (exact) mass is 344 g/mol. The van der Waals surface area contributed by atoms with Gasteiger partial charge in [-0.05, 0) is 50.6 Å². The maximum absolute atomic E-state index is 12.2. The molecule has 25 heavy (non-hydrogen) atoms. The fourth-order valence-corrected chi connectivity index (χ4v) is 3.98. The van der Waals surface area contributed by atoms with Gasteiger partial charge in [-0.3, -0.25) is 4.90 Å². The third-order valence-electron chi connectivity index (χ3n) is 5.72. The number of nitrogens with one attached hydrogen (secondary N) is 2. The Balaban J connectivity index is 1.46. The van der Waals surface area contributed by atoms with E-state index >= 15 is 0 Å². The lowest BCUT2D eigenvalue weighted by Crippen LogP contribution is -2.54. The number of amides is 2. The van der Waals surface area contributed by atoms with Crippen molar-refractivity contribution in [2.24, 2.45) is 0 Å². The molecule has 138 valence electrons. The average molecular weight is 345 g/mol. The number of hydrogen-bond acceptors (Lipinski definition) is 3. The van der Waals surface area contributed by atoms with Gasteiger partial charge >= 0.3 is 6.03 Å². The van der Waals surface area contributed by atoms with Crippen LogP contribution in [-0.4, -0.2) is 62.1 Å². The van der Waals surface area contributed by atoms with Crippen LogP contribution in [0.2, 0.25) is 0 Å². The number of carbonyl (C=O) groups is 1. The van der Waals surface area contributed by atoms with Gasteiger partial charge in [-0.1, -0.05) is 31.4 Å². The lowest BCUT2D eigenvalue weighted by molar-refractivity contribution is 0.115. The average Bonchev–Trinajstić information content (AvgIpc) is 2.64. The van der Waals surface area contributed by atoms with Gasteiger partial charge in [-0.15, -0.1) is 0 Å². The molecule has 1 heterocycles. The Bertz CT molecular complexity index is 553. The van der Waals surface area contributed by atoms with Crippen molar-refractivity contribution < 1.29 is 4.79 Å². The first-order valence-electron chi connectivity index (χ1n) is 9.65. The molecule has 5 heteroatoms. The number of benzene rings is 1. The van der Waals surface area contributed by atoms with Crippen molar-refractivity contribution in [2.45, 2.75) is 44.1 Å².